The number of nitrogens with zero attached hydrogens (tertiary/aromatic N) is 1. The number of hydrogen-bond acceptors (Lipinski definition) is 5. The summed E-state index contributed by atoms with van der Waals surface area (Å²) < 4.78 is 5.96. The van der Waals surface area contributed by atoms with Crippen LogP contribution in [0.1, 0.15) is 40.7 Å². The van der Waals surface area contributed by atoms with E-state index in [4.69, 9.17) is 16.3 Å². The average molecular weight is 597 g/mol. The minimum atomic E-state index is -1.03. The van der Waals surface area contributed by atoms with Crippen molar-refractivity contribution in [2.75, 3.05) is 23.4 Å². The molecule has 1 aliphatic carbocycles. The molecule has 220 valence electrons. The molecule has 0 heterocycles. The van der Waals surface area contributed by atoms with E-state index in [9.17, 15) is 19.5 Å². The molecule has 1 fully saturated rings. The van der Waals surface area contributed by atoms with Crippen molar-refractivity contribution in [3.05, 3.63) is 125 Å². The molecule has 43 heavy (non-hydrogen) atoms. The molecule has 0 spiro atoms. The Morgan fingerprint density at radius 1 is 0.884 bits per heavy atom. The highest BCUT2D eigenvalue weighted by Crippen LogP contribution is 2.33. The van der Waals surface area contributed by atoms with Crippen LogP contribution in [-0.4, -0.2) is 42.0 Å². The number of nitrogens with one attached hydrogen (secondary N) is 1. The van der Waals surface area contributed by atoms with Crippen LogP contribution in [0.25, 0.3) is 0 Å². The van der Waals surface area contributed by atoms with Gasteiger partial charge in [-0.3, -0.25) is 9.59 Å². The summed E-state index contributed by atoms with van der Waals surface area (Å²) in [5, 5.41) is 13.5. The zero-order chi connectivity index (χ0) is 30.2. The van der Waals surface area contributed by atoms with Gasteiger partial charge in [0.1, 0.15) is 18.4 Å². The number of aliphatic carboxylic acids is 1. The van der Waals surface area contributed by atoms with Crippen molar-refractivity contribution in [1.29, 1.82) is 0 Å². The maximum absolute atomic E-state index is 13.1. The summed E-state index contributed by atoms with van der Waals surface area (Å²) in [5.74, 6) is -0.514. The van der Waals surface area contributed by atoms with Crippen LogP contribution in [0.3, 0.4) is 0 Å². The van der Waals surface area contributed by atoms with Gasteiger partial charge in [-0.05, 0) is 54.8 Å². The second kappa shape index (κ2) is 14.0. The summed E-state index contributed by atoms with van der Waals surface area (Å²) in [5.41, 5.74) is 2.87. The van der Waals surface area contributed by atoms with E-state index in [1.165, 1.54) is 0 Å². The minimum absolute atomic E-state index is 0.0229. The number of halogens is 1. The lowest BCUT2D eigenvalue weighted by molar-refractivity contribution is -0.137. The van der Waals surface area contributed by atoms with Gasteiger partial charge in [-0.15, -0.1) is 0 Å². The van der Waals surface area contributed by atoms with E-state index in [0.29, 0.717) is 39.8 Å². The first kappa shape index (κ1) is 29.9. The van der Waals surface area contributed by atoms with Crippen molar-refractivity contribution in [1.82, 2.24) is 0 Å². The van der Waals surface area contributed by atoms with E-state index < -0.39 is 12.0 Å². The summed E-state index contributed by atoms with van der Waals surface area (Å²) in [6.07, 6.45) is 3.04. The molecule has 0 unspecified atom stereocenters. The molecule has 2 N–H and O–H groups in total. The van der Waals surface area contributed by atoms with Gasteiger partial charge in [0.15, 0.2) is 5.78 Å². The van der Waals surface area contributed by atoms with Gasteiger partial charge in [0.2, 0.25) is 5.91 Å². The van der Waals surface area contributed by atoms with Crippen molar-refractivity contribution in [2.45, 2.75) is 31.7 Å². The Morgan fingerprint density at radius 2 is 1.56 bits per heavy atom. The average Bonchev–Trinajstić information content (AvgIpc) is 2.99. The highest BCUT2D eigenvalue weighted by atomic mass is 35.5. The quantitative estimate of drug-likeness (QED) is 0.163. The zero-order valence-corrected chi connectivity index (χ0v) is 24.4. The van der Waals surface area contributed by atoms with Gasteiger partial charge in [-0.2, -0.15) is 0 Å². The number of anilines is 2. The number of ether oxygens (including phenoxy) is 1. The van der Waals surface area contributed by atoms with Gasteiger partial charge >= 0.3 is 5.97 Å². The molecule has 0 aliphatic heterocycles. The summed E-state index contributed by atoms with van der Waals surface area (Å²) in [7, 11) is 0. The number of hydrogen-bond donors (Lipinski definition) is 2. The smallest absolute Gasteiger partial charge is 0.326 e. The Balaban J connectivity index is 1.21. The van der Waals surface area contributed by atoms with Crippen LogP contribution in [-0.2, 0) is 16.0 Å². The minimum Gasteiger partial charge on any atom is -0.492 e. The molecule has 1 aliphatic rings. The van der Waals surface area contributed by atoms with E-state index in [-0.39, 0.29) is 30.6 Å². The molecular formula is C35H33ClN2O5. The molecule has 0 aromatic heterocycles. The molecule has 1 atom stereocenters. The number of carboxylic acid groups (broad SMARTS) is 1. The molecule has 0 saturated heterocycles. The van der Waals surface area contributed by atoms with Crippen LogP contribution < -0.4 is 15.0 Å². The van der Waals surface area contributed by atoms with Gasteiger partial charge in [0, 0.05) is 29.2 Å². The van der Waals surface area contributed by atoms with Gasteiger partial charge in [0.25, 0.3) is 0 Å². The number of amides is 1. The van der Waals surface area contributed by atoms with Gasteiger partial charge < -0.3 is 20.1 Å². The second-order valence-electron chi connectivity index (χ2n) is 10.5. The standard InChI is InChI=1S/C35H33ClN2O5/c36-29-14-5-7-16-32(29)38(34(40)26-11-8-12-26)21-22-43-27-19-17-24(18-20-27)23-31(35(41)42)37-30-15-6-4-13-28(30)33(39)25-9-2-1-3-10-25/h1-7,9-10,13-20,26,31,37H,8,11-12,21-23H2,(H,41,42)/t31-/m0/s1. The Bertz CT molecular complexity index is 1570. The second-order valence-corrected chi connectivity index (χ2v) is 10.9. The fraction of sp³-hybridized carbons (Fsp3) is 0.229. The van der Waals surface area contributed by atoms with E-state index in [1.54, 1.807) is 71.6 Å². The molecule has 8 heteroatoms. The van der Waals surface area contributed by atoms with Crippen molar-refractivity contribution < 1.29 is 24.2 Å². The zero-order valence-electron chi connectivity index (χ0n) is 23.6. The maximum atomic E-state index is 13.1. The number of rotatable bonds is 13. The normalized spacial score (nSPS) is 13.4. The lowest BCUT2D eigenvalue weighted by Gasteiger charge is -2.32. The Hall–Kier alpha value is -4.62. The van der Waals surface area contributed by atoms with Crippen LogP contribution in [0, 0.1) is 5.92 Å². The van der Waals surface area contributed by atoms with Crippen molar-refractivity contribution in [2.24, 2.45) is 5.92 Å². The summed E-state index contributed by atoms with van der Waals surface area (Å²) >= 11 is 6.41. The van der Waals surface area contributed by atoms with Crippen molar-refractivity contribution >= 4 is 40.6 Å². The first-order valence-electron chi connectivity index (χ1n) is 14.4. The van der Waals surface area contributed by atoms with Crippen LogP contribution in [0.2, 0.25) is 5.02 Å². The number of carbonyl (C=O) groups excluding carboxylic acids is 2. The van der Waals surface area contributed by atoms with Gasteiger partial charge in [-0.25, -0.2) is 4.79 Å². The third-order valence-corrected chi connectivity index (χ3v) is 7.97. The molecule has 7 nitrogen and oxygen atoms in total. The van der Waals surface area contributed by atoms with Crippen molar-refractivity contribution in [3.63, 3.8) is 0 Å². The number of carboxylic acids is 1. The molecule has 0 radical (unpaired) electrons. The van der Waals surface area contributed by atoms with Gasteiger partial charge in [0.05, 0.1) is 17.3 Å². The summed E-state index contributed by atoms with van der Waals surface area (Å²) in [4.78, 5) is 40.1. The lowest BCUT2D eigenvalue weighted by Crippen LogP contribution is -2.41. The van der Waals surface area contributed by atoms with Crippen molar-refractivity contribution in [3.8, 4) is 5.75 Å². The van der Waals surface area contributed by atoms with E-state index in [0.717, 1.165) is 24.8 Å². The largest absolute Gasteiger partial charge is 0.492 e. The molecule has 0 bridgehead atoms. The van der Waals surface area contributed by atoms with Crippen LogP contribution in [0.4, 0.5) is 11.4 Å². The van der Waals surface area contributed by atoms with E-state index in [1.807, 2.05) is 36.4 Å². The maximum Gasteiger partial charge on any atom is 0.326 e. The van der Waals surface area contributed by atoms with E-state index in [2.05, 4.69) is 5.32 Å². The highest BCUT2D eigenvalue weighted by Gasteiger charge is 2.31. The number of para-hydroxylation sites is 2. The summed E-state index contributed by atoms with van der Waals surface area (Å²) in [6.45, 7) is 0.626. The third-order valence-electron chi connectivity index (χ3n) is 7.65. The molecule has 4 aromatic carbocycles. The van der Waals surface area contributed by atoms with Gasteiger partial charge in [-0.1, -0.05) is 84.8 Å². The molecule has 1 amide bonds. The summed E-state index contributed by atoms with van der Waals surface area (Å²) in [6, 6.07) is 29.4. The van der Waals surface area contributed by atoms with E-state index >= 15 is 0 Å². The lowest BCUT2D eigenvalue weighted by atomic mass is 9.84. The Labute approximate surface area is 256 Å². The van der Waals surface area contributed by atoms with Crippen LogP contribution >= 0.6 is 11.6 Å². The Morgan fingerprint density at radius 3 is 2.23 bits per heavy atom. The fourth-order valence-corrected chi connectivity index (χ4v) is 5.29. The molecule has 1 saturated carbocycles. The molecular weight excluding hydrogens is 564 g/mol. The molecule has 4 aromatic rings. The third kappa shape index (κ3) is 7.43. The topological polar surface area (TPSA) is 95.9 Å². The first-order chi connectivity index (χ1) is 20.9. The number of carbonyl (C=O) groups is 3. The van der Waals surface area contributed by atoms with Crippen LogP contribution in [0.5, 0.6) is 5.75 Å². The fourth-order valence-electron chi connectivity index (χ4n) is 5.05. The Kier molecular flexibility index (Phi) is 9.74. The number of benzene rings is 4. The number of ketones is 1. The monoisotopic (exact) mass is 596 g/mol. The first-order valence-corrected chi connectivity index (χ1v) is 14.7. The van der Waals surface area contributed by atoms with Crippen LogP contribution in [0.15, 0.2) is 103 Å². The highest BCUT2D eigenvalue weighted by molar-refractivity contribution is 6.33. The SMILES string of the molecule is O=C(c1ccccc1)c1ccccc1N[C@@H](Cc1ccc(OCCN(C(=O)C2CCC2)c2ccccc2Cl)cc1)C(=O)O. The molecule has 5 rings (SSSR count). The predicted molar refractivity (Wildman–Crippen MR) is 168 cm³/mol. The predicted octanol–water partition coefficient (Wildman–Crippen LogP) is 6.89.